The van der Waals surface area contributed by atoms with Crippen molar-refractivity contribution < 1.29 is 14.3 Å². The molecule has 0 saturated carbocycles. The van der Waals surface area contributed by atoms with E-state index in [0.29, 0.717) is 33.1 Å². The molecule has 194 valence electrons. The third-order valence-electron chi connectivity index (χ3n) is 6.40. The van der Waals surface area contributed by atoms with Gasteiger partial charge in [-0.1, -0.05) is 81.0 Å². The molecule has 7 heteroatoms. The number of hydrogen-bond donors (Lipinski definition) is 0. The second-order valence-electron chi connectivity index (χ2n) is 9.36. The van der Waals surface area contributed by atoms with Crippen LogP contribution in [0.5, 0.6) is 5.75 Å². The summed E-state index contributed by atoms with van der Waals surface area (Å²) < 4.78 is 13.5. The van der Waals surface area contributed by atoms with Crippen molar-refractivity contribution >= 4 is 23.4 Å². The van der Waals surface area contributed by atoms with Crippen LogP contribution in [0.25, 0.3) is 6.08 Å². The molecule has 1 aliphatic heterocycles. The van der Waals surface area contributed by atoms with Crippen LogP contribution in [0, 0.1) is 0 Å². The molecule has 1 aliphatic rings. The van der Waals surface area contributed by atoms with Gasteiger partial charge in [0.1, 0.15) is 5.75 Å². The molecule has 0 fully saturated rings. The van der Waals surface area contributed by atoms with E-state index in [1.807, 2.05) is 42.5 Å². The van der Waals surface area contributed by atoms with Gasteiger partial charge in [-0.3, -0.25) is 9.36 Å². The van der Waals surface area contributed by atoms with Gasteiger partial charge in [-0.25, -0.2) is 9.79 Å². The second-order valence-corrected chi connectivity index (χ2v) is 10.4. The number of benzene rings is 2. The fourth-order valence-electron chi connectivity index (χ4n) is 4.37. The Kier molecular flexibility index (Phi) is 8.44. The number of unbranched alkanes of at least 4 members (excludes halogenated alkanes) is 1. The summed E-state index contributed by atoms with van der Waals surface area (Å²) in [6.07, 6.45) is 3.86. The number of carbonyl (C=O) groups is 1. The molecule has 0 amide bonds. The zero-order valence-corrected chi connectivity index (χ0v) is 22.9. The third-order valence-corrected chi connectivity index (χ3v) is 7.38. The number of nitrogens with zero attached hydrogens (tertiary/aromatic N) is 2. The van der Waals surface area contributed by atoms with E-state index in [-0.39, 0.29) is 12.2 Å². The first-order valence-corrected chi connectivity index (χ1v) is 13.7. The van der Waals surface area contributed by atoms with Gasteiger partial charge in [0, 0.05) is 5.56 Å². The predicted octanol–water partition coefficient (Wildman–Crippen LogP) is 5.10. The van der Waals surface area contributed by atoms with E-state index >= 15 is 0 Å². The number of esters is 1. The van der Waals surface area contributed by atoms with Crippen molar-refractivity contribution in [3.05, 3.63) is 96.2 Å². The average molecular weight is 519 g/mol. The lowest BCUT2D eigenvalue weighted by Crippen LogP contribution is -2.39. The lowest BCUT2D eigenvalue weighted by Gasteiger charge is -2.25. The van der Waals surface area contributed by atoms with Gasteiger partial charge in [0.2, 0.25) is 0 Å². The van der Waals surface area contributed by atoms with Crippen molar-refractivity contribution in [3.8, 4) is 5.75 Å². The van der Waals surface area contributed by atoms with Crippen LogP contribution >= 0.6 is 11.3 Å². The zero-order valence-electron chi connectivity index (χ0n) is 22.1. The Morgan fingerprint density at radius 1 is 1.14 bits per heavy atom. The molecular weight excluding hydrogens is 484 g/mol. The van der Waals surface area contributed by atoms with Crippen molar-refractivity contribution in [2.45, 2.75) is 59.4 Å². The maximum absolute atomic E-state index is 13.8. The van der Waals surface area contributed by atoms with Crippen LogP contribution in [0.2, 0.25) is 0 Å². The zero-order chi connectivity index (χ0) is 26.5. The molecule has 2 aromatic carbocycles. The van der Waals surface area contributed by atoms with E-state index in [1.54, 1.807) is 18.4 Å². The molecule has 6 nitrogen and oxygen atoms in total. The van der Waals surface area contributed by atoms with Crippen LogP contribution < -0.4 is 19.6 Å². The Morgan fingerprint density at radius 2 is 1.86 bits per heavy atom. The SMILES string of the molecule is CCCCOc1ccccc1C=c1sc2n(c1=O)C(c1ccc(C(C)C)cc1)C(C(=O)OCC)=C(C)N=2. The number of rotatable bonds is 9. The fraction of sp³-hybridized carbons (Fsp3) is 0.367. The van der Waals surface area contributed by atoms with E-state index < -0.39 is 12.0 Å². The van der Waals surface area contributed by atoms with Gasteiger partial charge in [-0.2, -0.15) is 0 Å². The molecule has 0 aliphatic carbocycles. The fourth-order valence-corrected chi connectivity index (χ4v) is 5.41. The number of allylic oxidation sites excluding steroid dienone is 1. The molecule has 0 bridgehead atoms. The van der Waals surface area contributed by atoms with Crippen LogP contribution in [-0.2, 0) is 9.53 Å². The Morgan fingerprint density at radius 3 is 2.54 bits per heavy atom. The molecule has 1 aromatic heterocycles. The van der Waals surface area contributed by atoms with Crippen LogP contribution in [-0.4, -0.2) is 23.8 Å². The molecule has 0 radical (unpaired) electrons. The normalized spacial score (nSPS) is 15.5. The molecule has 4 rings (SSSR count). The molecule has 1 unspecified atom stereocenters. The van der Waals surface area contributed by atoms with Gasteiger partial charge in [0.05, 0.1) is 35.1 Å². The summed E-state index contributed by atoms with van der Waals surface area (Å²) in [7, 11) is 0. The average Bonchev–Trinajstić information content (AvgIpc) is 3.18. The highest BCUT2D eigenvalue weighted by atomic mass is 32.1. The first kappa shape index (κ1) is 26.6. The maximum Gasteiger partial charge on any atom is 0.338 e. The van der Waals surface area contributed by atoms with E-state index in [0.717, 1.165) is 29.7 Å². The van der Waals surface area contributed by atoms with Crippen molar-refractivity contribution in [1.82, 2.24) is 4.57 Å². The molecule has 0 saturated heterocycles. The lowest BCUT2D eigenvalue weighted by molar-refractivity contribution is -0.139. The number of fused-ring (bicyclic) bond motifs is 1. The first-order chi connectivity index (χ1) is 17.8. The van der Waals surface area contributed by atoms with Crippen LogP contribution in [0.3, 0.4) is 0 Å². The largest absolute Gasteiger partial charge is 0.493 e. The Bertz CT molecular complexity index is 1480. The van der Waals surface area contributed by atoms with E-state index in [1.165, 1.54) is 16.9 Å². The molecule has 0 spiro atoms. The summed E-state index contributed by atoms with van der Waals surface area (Å²) in [5.74, 6) is 0.661. The highest BCUT2D eigenvalue weighted by molar-refractivity contribution is 7.07. The molecule has 1 atom stereocenters. The number of thiazole rings is 1. The van der Waals surface area contributed by atoms with Crippen LogP contribution in [0.15, 0.2) is 69.6 Å². The van der Waals surface area contributed by atoms with Gasteiger partial charge in [-0.15, -0.1) is 0 Å². The van der Waals surface area contributed by atoms with Gasteiger partial charge in [0.25, 0.3) is 5.56 Å². The second kappa shape index (κ2) is 11.7. The van der Waals surface area contributed by atoms with E-state index in [4.69, 9.17) is 9.47 Å². The van der Waals surface area contributed by atoms with Crippen molar-refractivity contribution in [1.29, 1.82) is 0 Å². The first-order valence-electron chi connectivity index (χ1n) is 12.9. The summed E-state index contributed by atoms with van der Waals surface area (Å²) in [6, 6.07) is 15.2. The molecule has 2 heterocycles. The Hall–Kier alpha value is -3.45. The minimum absolute atomic E-state index is 0.195. The van der Waals surface area contributed by atoms with E-state index in [2.05, 4.69) is 37.9 Å². The standard InChI is InChI=1S/C30H34N2O4S/c1-6-8-17-36-24-12-10-9-11-23(24)18-25-28(33)32-27(22-15-13-21(14-16-22)19(3)4)26(29(34)35-7-2)20(5)31-30(32)37-25/h9-16,18-19,27H,6-8,17H2,1-5H3. The summed E-state index contributed by atoms with van der Waals surface area (Å²) in [5.41, 5.74) is 3.63. The highest BCUT2D eigenvalue weighted by Gasteiger charge is 2.33. The third kappa shape index (κ3) is 5.62. The van der Waals surface area contributed by atoms with E-state index in [9.17, 15) is 9.59 Å². The molecule has 37 heavy (non-hydrogen) atoms. The van der Waals surface area contributed by atoms with Crippen LogP contribution in [0.1, 0.15) is 76.1 Å². The van der Waals surface area contributed by atoms with Gasteiger partial charge >= 0.3 is 5.97 Å². The van der Waals surface area contributed by atoms with Crippen molar-refractivity contribution in [2.75, 3.05) is 13.2 Å². The topological polar surface area (TPSA) is 69.9 Å². The lowest BCUT2D eigenvalue weighted by atomic mass is 9.93. The maximum atomic E-state index is 13.8. The van der Waals surface area contributed by atoms with Crippen LogP contribution in [0.4, 0.5) is 0 Å². The van der Waals surface area contributed by atoms with Crippen molar-refractivity contribution in [2.24, 2.45) is 4.99 Å². The Labute approximate surface area is 221 Å². The summed E-state index contributed by atoms with van der Waals surface area (Å²) in [5, 5.41) is 0. The Balaban J connectivity index is 1.87. The van der Waals surface area contributed by atoms with Gasteiger partial charge in [-0.05, 0) is 49.5 Å². The molecule has 0 N–H and O–H groups in total. The number of carbonyl (C=O) groups excluding carboxylic acids is 1. The van der Waals surface area contributed by atoms with Gasteiger partial charge < -0.3 is 9.47 Å². The minimum atomic E-state index is -0.616. The highest BCUT2D eigenvalue weighted by Crippen LogP contribution is 2.31. The van der Waals surface area contributed by atoms with Gasteiger partial charge in [0.15, 0.2) is 4.80 Å². The smallest absolute Gasteiger partial charge is 0.338 e. The van der Waals surface area contributed by atoms with Crippen molar-refractivity contribution in [3.63, 3.8) is 0 Å². The number of hydrogen-bond acceptors (Lipinski definition) is 6. The predicted molar refractivity (Wildman–Crippen MR) is 148 cm³/mol. The minimum Gasteiger partial charge on any atom is -0.493 e. The monoisotopic (exact) mass is 518 g/mol. The summed E-state index contributed by atoms with van der Waals surface area (Å²) >= 11 is 1.32. The number of ether oxygens (including phenoxy) is 2. The summed E-state index contributed by atoms with van der Waals surface area (Å²) in [6.45, 7) is 10.8. The number of aromatic nitrogens is 1. The molecular formula is C30H34N2O4S. The number of para-hydroxylation sites is 1. The summed E-state index contributed by atoms with van der Waals surface area (Å²) in [4.78, 5) is 32.2. The quantitative estimate of drug-likeness (QED) is 0.292. The molecule has 3 aromatic rings.